The molecule has 1 aliphatic rings. The van der Waals surface area contributed by atoms with Crippen LogP contribution in [0.5, 0.6) is 0 Å². The Balaban J connectivity index is 1.66. The number of halogens is 1. The Hall–Kier alpha value is -0.650. The molecule has 0 saturated carbocycles. The molecule has 0 radical (unpaired) electrons. The van der Waals surface area contributed by atoms with Crippen LogP contribution in [0.15, 0.2) is 28.7 Å². The molecule has 0 amide bonds. The molecule has 5 heteroatoms. The van der Waals surface area contributed by atoms with E-state index in [1.807, 2.05) is 24.3 Å². The van der Waals surface area contributed by atoms with E-state index in [1.54, 1.807) is 0 Å². The Morgan fingerprint density at radius 2 is 2.17 bits per heavy atom. The summed E-state index contributed by atoms with van der Waals surface area (Å²) in [7, 11) is 0. The molecule has 1 fully saturated rings. The first-order chi connectivity index (χ1) is 8.74. The summed E-state index contributed by atoms with van der Waals surface area (Å²) < 4.78 is 6.62. The first-order valence-corrected chi connectivity index (χ1v) is 7.36. The quantitative estimate of drug-likeness (QED) is 0.831. The molecule has 0 spiro atoms. The minimum atomic E-state index is 0.410. The Morgan fingerprint density at radius 3 is 2.83 bits per heavy atom. The first-order valence-electron chi connectivity index (χ1n) is 6.16. The fraction of sp³-hybridized carbons (Fsp3) is 0.462. The fourth-order valence-electron chi connectivity index (χ4n) is 1.93. The van der Waals surface area contributed by atoms with Crippen molar-refractivity contribution in [1.29, 1.82) is 0 Å². The van der Waals surface area contributed by atoms with E-state index in [2.05, 4.69) is 26.6 Å². The number of hydrogen-bond donors (Lipinski definition) is 2. The van der Waals surface area contributed by atoms with Crippen molar-refractivity contribution in [1.82, 2.24) is 5.32 Å². The van der Waals surface area contributed by atoms with Crippen LogP contribution in [-0.4, -0.2) is 24.4 Å². The highest BCUT2D eigenvalue weighted by Crippen LogP contribution is 2.15. The minimum absolute atomic E-state index is 0.410. The molecule has 1 aromatic rings. The van der Waals surface area contributed by atoms with Gasteiger partial charge in [-0.3, -0.25) is 0 Å². The van der Waals surface area contributed by atoms with Crippen LogP contribution in [0.25, 0.3) is 0 Å². The molecule has 0 aliphatic carbocycles. The second-order valence-corrected chi connectivity index (χ2v) is 5.64. The van der Waals surface area contributed by atoms with Gasteiger partial charge in [0.2, 0.25) is 0 Å². The zero-order chi connectivity index (χ0) is 12.8. The maximum atomic E-state index is 5.56. The zero-order valence-corrected chi connectivity index (χ0v) is 12.5. The van der Waals surface area contributed by atoms with Gasteiger partial charge in [-0.2, -0.15) is 0 Å². The summed E-state index contributed by atoms with van der Waals surface area (Å²) in [5, 5.41) is 7.02. The van der Waals surface area contributed by atoms with Crippen LogP contribution in [0.3, 0.4) is 0 Å². The summed E-state index contributed by atoms with van der Waals surface area (Å²) in [5.74, 6) is 0. The van der Waals surface area contributed by atoms with Crippen LogP contribution >= 0.6 is 28.1 Å². The van der Waals surface area contributed by atoms with E-state index in [-0.39, 0.29) is 0 Å². The van der Waals surface area contributed by atoms with Crippen molar-refractivity contribution in [2.24, 2.45) is 0 Å². The Kier molecular flexibility index (Phi) is 5.41. The summed E-state index contributed by atoms with van der Waals surface area (Å²) in [6, 6.07) is 7.94. The molecule has 3 nitrogen and oxygen atoms in total. The van der Waals surface area contributed by atoms with Crippen molar-refractivity contribution >= 4 is 38.9 Å². The van der Waals surface area contributed by atoms with Gasteiger partial charge in [0.25, 0.3) is 0 Å². The number of nitrogens with one attached hydrogen (secondary N) is 2. The van der Waals surface area contributed by atoms with Gasteiger partial charge in [-0.25, -0.2) is 0 Å². The van der Waals surface area contributed by atoms with Gasteiger partial charge in [-0.1, -0.05) is 15.9 Å². The highest BCUT2D eigenvalue weighted by Gasteiger charge is 2.14. The Bertz CT molecular complexity index is 390. The summed E-state index contributed by atoms with van der Waals surface area (Å²) in [5.41, 5.74) is 0.993. The molecule has 1 atom stereocenters. The lowest BCUT2D eigenvalue weighted by molar-refractivity contribution is 0.105. The van der Waals surface area contributed by atoms with Crippen molar-refractivity contribution in [2.75, 3.05) is 18.5 Å². The van der Waals surface area contributed by atoms with E-state index in [1.165, 1.54) is 12.8 Å². The highest BCUT2D eigenvalue weighted by molar-refractivity contribution is 9.10. The monoisotopic (exact) mass is 328 g/mol. The van der Waals surface area contributed by atoms with Gasteiger partial charge in [-0.05, 0) is 55.7 Å². The number of benzene rings is 1. The molecule has 2 rings (SSSR count). The molecule has 0 bridgehead atoms. The second kappa shape index (κ2) is 7.07. The lowest BCUT2D eigenvalue weighted by Gasteiger charge is -2.13. The summed E-state index contributed by atoms with van der Waals surface area (Å²) in [4.78, 5) is 0. The summed E-state index contributed by atoms with van der Waals surface area (Å²) >= 11 is 8.64. The summed E-state index contributed by atoms with van der Waals surface area (Å²) in [6.45, 7) is 1.76. The molecule has 2 N–H and O–H groups in total. The van der Waals surface area contributed by atoms with Gasteiger partial charge in [-0.15, -0.1) is 0 Å². The molecular weight excluding hydrogens is 312 g/mol. The van der Waals surface area contributed by atoms with Crippen LogP contribution in [-0.2, 0) is 4.74 Å². The van der Waals surface area contributed by atoms with Crippen LogP contribution < -0.4 is 10.6 Å². The third-order valence-electron chi connectivity index (χ3n) is 2.88. The Labute approximate surface area is 121 Å². The fourth-order valence-corrected chi connectivity index (χ4v) is 2.41. The summed E-state index contributed by atoms with van der Waals surface area (Å²) in [6.07, 6.45) is 3.79. The molecule has 1 saturated heterocycles. The van der Waals surface area contributed by atoms with E-state index < -0.39 is 0 Å². The molecule has 1 aliphatic heterocycles. The maximum absolute atomic E-state index is 5.56. The standard InChI is InChI=1S/C13H17BrN2OS/c14-10-3-5-11(6-4-10)16-13(18)15-8-7-12-2-1-9-17-12/h3-6,12H,1-2,7-9H2,(H2,15,16,18). The highest BCUT2D eigenvalue weighted by atomic mass is 79.9. The zero-order valence-electron chi connectivity index (χ0n) is 10.1. The van der Waals surface area contributed by atoms with E-state index in [0.717, 1.165) is 29.7 Å². The number of thiocarbonyl (C=S) groups is 1. The Morgan fingerprint density at radius 1 is 1.39 bits per heavy atom. The third kappa shape index (κ3) is 4.55. The molecule has 18 heavy (non-hydrogen) atoms. The lowest BCUT2D eigenvalue weighted by atomic mass is 10.2. The predicted octanol–water partition coefficient (Wildman–Crippen LogP) is 3.30. The molecule has 98 valence electrons. The van der Waals surface area contributed by atoms with Gasteiger partial charge in [0, 0.05) is 23.3 Å². The molecule has 1 heterocycles. The SMILES string of the molecule is S=C(NCCC1CCCO1)Nc1ccc(Br)cc1. The van der Waals surface area contributed by atoms with E-state index >= 15 is 0 Å². The molecule has 1 aromatic carbocycles. The predicted molar refractivity (Wildman–Crippen MR) is 82.0 cm³/mol. The van der Waals surface area contributed by atoms with Crippen LogP contribution in [0, 0.1) is 0 Å². The number of anilines is 1. The number of rotatable bonds is 4. The van der Waals surface area contributed by atoms with E-state index in [4.69, 9.17) is 17.0 Å². The topological polar surface area (TPSA) is 33.3 Å². The van der Waals surface area contributed by atoms with Gasteiger partial charge in [0.1, 0.15) is 0 Å². The maximum Gasteiger partial charge on any atom is 0.170 e. The average molecular weight is 329 g/mol. The first kappa shape index (κ1) is 13.8. The van der Waals surface area contributed by atoms with Crippen molar-refractivity contribution in [3.8, 4) is 0 Å². The average Bonchev–Trinajstić information content (AvgIpc) is 2.85. The van der Waals surface area contributed by atoms with Gasteiger partial charge in [0.05, 0.1) is 6.10 Å². The van der Waals surface area contributed by atoms with Crippen molar-refractivity contribution < 1.29 is 4.74 Å². The normalized spacial score (nSPS) is 18.6. The number of ether oxygens (including phenoxy) is 1. The van der Waals surface area contributed by atoms with Crippen LogP contribution in [0.2, 0.25) is 0 Å². The van der Waals surface area contributed by atoms with Crippen molar-refractivity contribution in [2.45, 2.75) is 25.4 Å². The second-order valence-electron chi connectivity index (χ2n) is 4.31. The minimum Gasteiger partial charge on any atom is -0.378 e. The van der Waals surface area contributed by atoms with Crippen molar-refractivity contribution in [3.05, 3.63) is 28.7 Å². The smallest absolute Gasteiger partial charge is 0.170 e. The largest absolute Gasteiger partial charge is 0.378 e. The van der Waals surface area contributed by atoms with Crippen molar-refractivity contribution in [3.63, 3.8) is 0 Å². The van der Waals surface area contributed by atoms with Gasteiger partial charge < -0.3 is 15.4 Å². The molecular formula is C13H17BrN2OS. The lowest BCUT2D eigenvalue weighted by Crippen LogP contribution is -2.30. The van der Waals surface area contributed by atoms with Gasteiger partial charge in [0.15, 0.2) is 5.11 Å². The molecule has 0 aromatic heterocycles. The van der Waals surface area contributed by atoms with E-state index in [0.29, 0.717) is 11.2 Å². The molecule has 1 unspecified atom stereocenters. The third-order valence-corrected chi connectivity index (χ3v) is 3.65. The number of hydrogen-bond acceptors (Lipinski definition) is 2. The van der Waals surface area contributed by atoms with Crippen LogP contribution in [0.4, 0.5) is 5.69 Å². The van der Waals surface area contributed by atoms with Gasteiger partial charge >= 0.3 is 0 Å². The van der Waals surface area contributed by atoms with Crippen LogP contribution in [0.1, 0.15) is 19.3 Å². The van der Waals surface area contributed by atoms with E-state index in [9.17, 15) is 0 Å².